The number of rotatable bonds is 5. The average molecular weight is 294 g/mol. The van der Waals surface area contributed by atoms with Crippen LogP contribution in [0.3, 0.4) is 0 Å². The third-order valence-corrected chi connectivity index (χ3v) is 3.33. The highest BCUT2D eigenvalue weighted by Crippen LogP contribution is 2.34. The molecule has 0 aromatic heterocycles. The maximum Gasteiger partial charge on any atom is 0.146 e. The van der Waals surface area contributed by atoms with E-state index in [9.17, 15) is 4.39 Å². The van der Waals surface area contributed by atoms with E-state index in [1.807, 2.05) is 26.0 Å². The van der Waals surface area contributed by atoms with Crippen molar-refractivity contribution in [3.05, 3.63) is 58.9 Å². The fourth-order valence-electron chi connectivity index (χ4n) is 2.08. The molecule has 4 heteroatoms. The van der Waals surface area contributed by atoms with Gasteiger partial charge < -0.3 is 10.1 Å². The number of halogens is 2. The number of ether oxygens (including phenoxy) is 1. The molecular weight excluding hydrogens is 277 g/mol. The molecule has 0 saturated heterocycles. The molecule has 0 spiro atoms. The van der Waals surface area contributed by atoms with Crippen LogP contribution in [-0.2, 0) is 0 Å². The van der Waals surface area contributed by atoms with Gasteiger partial charge in [-0.1, -0.05) is 36.7 Å². The third-order valence-electron chi connectivity index (χ3n) is 3.01. The molecule has 1 N–H and O–H groups in total. The second-order valence-corrected chi connectivity index (χ2v) is 4.87. The smallest absolute Gasteiger partial charge is 0.146 e. The number of para-hydroxylation sites is 1. The second-order valence-electron chi connectivity index (χ2n) is 4.46. The maximum atomic E-state index is 14.1. The highest BCUT2D eigenvalue weighted by molar-refractivity contribution is 6.32. The molecule has 0 amide bonds. The molecule has 1 unspecified atom stereocenters. The molecule has 0 bridgehead atoms. The van der Waals surface area contributed by atoms with E-state index >= 15 is 0 Å². The first-order valence-corrected chi connectivity index (χ1v) is 6.95. The number of hydrogen-bond acceptors (Lipinski definition) is 2. The van der Waals surface area contributed by atoms with E-state index < -0.39 is 0 Å². The zero-order valence-corrected chi connectivity index (χ0v) is 12.2. The van der Waals surface area contributed by atoms with Crippen LogP contribution in [0.25, 0.3) is 0 Å². The van der Waals surface area contributed by atoms with Gasteiger partial charge >= 0.3 is 0 Å². The normalized spacial score (nSPS) is 12.2. The van der Waals surface area contributed by atoms with Crippen LogP contribution in [0.4, 0.5) is 4.39 Å². The Bertz CT molecular complexity index is 588. The molecule has 0 saturated carbocycles. The molecule has 0 aliphatic rings. The van der Waals surface area contributed by atoms with Crippen LogP contribution in [0.2, 0.25) is 5.02 Å². The summed E-state index contributed by atoms with van der Waals surface area (Å²) in [6.45, 7) is 4.63. The summed E-state index contributed by atoms with van der Waals surface area (Å²) in [6.07, 6.45) is 0. The van der Waals surface area contributed by atoms with E-state index in [1.165, 1.54) is 6.07 Å². The summed E-state index contributed by atoms with van der Waals surface area (Å²) < 4.78 is 19.9. The highest BCUT2D eigenvalue weighted by atomic mass is 35.5. The van der Waals surface area contributed by atoms with Gasteiger partial charge in [0.1, 0.15) is 17.3 Å². The minimum absolute atomic E-state index is 0.140. The molecule has 2 nitrogen and oxygen atoms in total. The van der Waals surface area contributed by atoms with Crippen LogP contribution in [0.15, 0.2) is 42.5 Å². The van der Waals surface area contributed by atoms with Crippen molar-refractivity contribution < 1.29 is 9.13 Å². The van der Waals surface area contributed by atoms with E-state index in [-0.39, 0.29) is 11.9 Å². The van der Waals surface area contributed by atoms with Crippen molar-refractivity contribution >= 4 is 11.6 Å². The zero-order valence-electron chi connectivity index (χ0n) is 11.5. The Morgan fingerprint density at radius 3 is 2.55 bits per heavy atom. The van der Waals surface area contributed by atoms with Crippen LogP contribution in [-0.4, -0.2) is 6.54 Å². The molecule has 2 rings (SSSR count). The van der Waals surface area contributed by atoms with E-state index in [4.69, 9.17) is 16.3 Å². The van der Waals surface area contributed by atoms with Crippen molar-refractivity contribution in [2.45, 2.75) is 19.9 Å². The standard InChI is InChI=1S/C16H17ClFNO/c1-3-19-11(2)16-13(18)8-6-10-15(16)20-14-9-5-4-7-12(14)17/h4-11,19H,3H2,1-2H3. The van der Waals surface area contributed by atoms with Crippen LogP contribution >= 0.6 is 11.6 Å². The van der Waals surface area contributed by atoms with Gasteiger partial charge in [-0.3, -0.25) is 0 Å². The van der Waals surface area contributed by atoms with E-state index in [0.717, 1.165) is 6.54 Å². The lowest BCUT2D eigenvalue weighted by Gasteiger charge is -2.18. The van der Waals surface area contributed by atoms with Crippen LogP contribution in [0, 0.1) is 5.82 Å². The predicted octanol–water partition coefficient (Wildman–Crippen LogP) is 4.94. The fourth-order valence-corrected chi connectivity index (χ4v) is 2.25. The molecule has 106 valence electrons. The molecule has 2 aromatic rings. The third kappa shape index (κ3) is 3.30. The molecule has 0 radical (unpaired) electrons. The number of nitrogens with one attached hydrogen (secondary N) is 1. The summed E-state index contributed by atoms with van der Waals surface area (Å²) >= 11 is 6.07. The SMILES string of the molecule is CCNC(C)c1c(F)cccc1Oc1ccccc1Cl. The van der Waals surface area contributed by atoms with Crippen LogP contribution in [0.1, 0.15) is 25.5 Å². The van der Waals surface area contributed by atoms with E-state index in [1.54, 1.807) is 24.3 Å². The minimum Gasteiger partial charge on any atom is -0.455 e. The molecule has 0 fully saturated rings. The lowest BCUT2D eigenvalue weighted by Crippen LogP contribution is -2.19. The van der Waals surface area contributed by atoms with Crippen molar-refractivity contribution in [1.29, 1.82) is 0 Å². The van der Waals surface area contributed by atoms with Gasteiger partial charge in [0.25, 0.3) is 0 Å². The quantitative estimate of drug-likeness (QED) is 0.843. The molecule has 0 aliphatic heterocycles. The summed E-state index contributed by atoms with van der Waals surface area (Å²) in [7, 11) is 0. The average Bonchev–Trinajstić information content (AvgIpc) is 2.42. The van der Waals surface area contributed by atoms with Gasteiger partial charge in [-0.15, -0.1) is 0 Å². The van der Waals surface area contributed by atoms with Gasteiger partial charge in [-0.25, -0.2) is 4.39 Å². The van der Waals surface area contributed by atoms with Gasteiger partial charge in [-0.05, 0) is 37.7 Å². The topological polar surface area (TPSA) is 21.3 Å². The molecule has 0 heterocycles. The van der Waals surface area contributed by atoms with E-state index in [2.05, 4.69) is 5.32 Å². The monoisotopic (exact) mass is 293 g/mol. The van der Waals surface area contributed by atoms with Crippen molar-refractivity contribution in [1.82, 2.24) is 5.32 Å². The maximum absolute atomic E-state index is 14.1. The highest BCUT2D eigenvalue weighted by Gasteiger charge is 2.17. The van der Waals surface area contributed by atoms with Gasteiger partial charge in [0.2, 0.25) is 0 Å². The van der Waals surface area contributed by atoms with Crippen LogP contribution < -0.4 is 10.1 Å². The van der Waals surface area contributed by atoms with Gasteiger partial charge in [-0.2, -0.15) is 0 Å². The van der Waals surface area contributed by atoms with Crippen molar-refractivity contribution in [2.24, 2.45) is 0 Å². The summed E-state index contributed by atoms with van der Waals surface area (Å²) in [6, 6.07) is 11.8. The summed E-state index contributed by atoms with van der Waals surface area (Å²) in [4.78, 5) is 0. The molecule has 20 heavy (non-hydrogen) atoms. The van der Waals surface area contributed by atoms with Crippen LogP contribution in [0.5, 0.6) is 11.5 Å². The number of benzene rings is 2. The molecule has 1 atom stereocenters. The Morgan fingerprint density at radius 2 is 1.85 bits per heavy atom. The molecule has 0 aliphatic carbocycles. The lowest BCUT2D eigenvalue weighted by atomic mass is 10.1. The summed E-state index contributed by atoms with van der Waals surface area (Å²) in [5.41, 5.74) is 0.509. The first kappa shape index (κ1) is 14.8. The Hall–Kier alpha value is -1.58. The number of hydrogen-bond donors (Lipinski definition) is 1. The zero-order chi connectivity index (χ0) is 14.5. The minimum atomic E-state index is -0.289. The Morgan fingerprint density at radius 1 is 1.15 bits per heavy atom. The van der Waals surface area contributed by atoms with Gasteiger partial charge in [0.05, 0.1) is 5.02 Å². The lowest BCUT2D eigenvalue weighted by molar-refractivity contribution is 0.448. The van der Waals surface area contributed by atoms with Crippen molar-refractivity contribution in [3.63, 3.8) is 0 Å². The van der Waals surface area contributed by atoms with Gasteiger partial charge in [0.15, 0.2) is 0 Å². The first-order valence-electron chi connectivity index (χ1n) is 6.57. The van der Waals surface area contributed by atoms with Crippen molar-refractivity contribution in [3.8, 4) is 11.5 Å². The largest absolute Gasteiger partial charge is 0.455 e. The predicted molar refractivity (Wildman–Crippen MR) is 80.0 cm³/mol. The van der Waals surface area contributed by atoms with Crippen molar-refractivity contribution in [2.75, 3.05) is 6.54 Å². The Kier molecular flexibility index (Phi) is 4.99. The van der Waals surface area contributed by atoms with Gasteiger partial charge in [0, 0.05) is 11.6 Å². The second kappa shape index (κ2) is 6.73. The summed E-state index contributed by atoms with van der Waals surface area (Å²) in [5.74, 6) is 0.708. The molecular formula is C16H17ClFNO. The Labute approximate surface area is 123 Å². The Balaban J connectivity index is 2.37. The molecule has 2 aromatic carbocycles. The fraction of sp³-hybridized carbons (Fsp3) is 0.250. The first-order chi connectivity index (χ1) is 9.63. The summed E-state index contributed by atoms with van der Waals surface area (Å²) in [5, 5.41) is 3.69. The van der Waals surface area contributed by atoms with E-state index in [0.29, 0.717) is 22.1 Å².